The third-order valence-electron chi connectivity index (χ3n) is 3.20. The van der Waals surface area contributed by atoms with Crippen LogP contribution < -0.4 is 5.32 Å². The van der Waals surface area contributed by atoms with Crippen molar-refractivity contribution in [3.05, 3.63) is 44.6 Å². The summed E-state index contributed by atoms with van der Waals surface area (Å²) in [4.78, 5) is 0. The molecule has 1 N–H and O–H groups in total. The second kappa shape index (κ2) is 8.06. The van der Waals surface area contributed by atoms with E-state index in [1.54, 1.807) is 0 Å². The first-order valence-corrected chi connectivity index (χ1v) is 8.82. The maximum absolute atomic E-state index is 4.21. The van der Waals surface area contributed by atoms with Crippen molar-refractivity contribution in [3.8, 4) is 0 Å². The Kier molecular flexibility index (Phi) is 6.39. The lowest BCUT2D eigenvalue weighted by Gasteiger charge is -2.20. The smallest absolute Gasteiger partial charge is 0.0802 e. The van der Waals surface area contributed by atoms with Gasteiger partial charge < -0.3 is 5.32 Å². The molecular formula is C15H20Br2N4. The molecule has 6 heteroatoms. The van der Waals surface area contributed by atoms with Crippen LogP contribution in [0.25, 0.3) is 0 Å². The van der Waals surface area contributed by atoms with Crippen LogP contribution in [0.5, 0.6) is 0 Å². The third kappa shape index (κ3) is 4.37. The Bertz CT molecular complexity index is 563. The van der Waals surface area contributed by atoms with Crippen LogP contribution in [0.3, 0.4) is 0 Å². The van der Waals surface area contributed by atoms with E-state index in [9.17, 15) is 0 Å². The Balaban J connectivity index is 2.39. The van der Waals surface area contributed by atoms with E-state index in [4.69, 9.17) is 0 Å². The number of hydrogen-bond donors (Lipinski definition) is 1. The monoisotopic (exact) mass is 414 g/mol. The SMILES string of the molecule is CCCNC(c1cc(Br)cc(Br)c1)c1cnnn1CCC. The van der Waals surface area contributed by atoms with Crippen molar-refractivity contribution in [1.29, 1.82) is 0 Å². The van der Waals surface area contributed by atoms with E-state index in [1.165, 1.54) is 5.56 Å². The van der Waals surface area contributed by atoms with Crippen molar-refractivity contribution >= 4 is 31.9 Å². The molecule has 0 saturated heterocycles. The van der Waals surface area contributed by atoms with Crippen LogP contribution in [0.1, 0.15) is 44.0 Å². The topological polar surface area (TPSA) is 42.7 Å². The van der Waals surface area contributed by atoms with Crippen LogP contribution in [0, 0.1) is 0 Å². The lowest BCUT2D eigenvalue weighted by Crippen LogP contribution is -2.26. The number of rotatable bonds is 7. The molecule has 1 unspecified atom stereocenters. The Hall–Kier alpha value is -0.720. The normalized spacial score (nSPS) is 12.6. The fraction of sp³-hybridized carbons (Fsp3) is 0.467. The maximum Gasteiger partial charge on any atom is 0.0802 e. The molecule has 0 radical (unpaired) electrons. The molecule has 0 bridgehead atoms. The van der Waals surface area contributed by atoms with Crippen LogP contribution in [0.4, 0.5) is 0 Å². The van der Waals surface area contributed by atoms with Crippen LogP contribution in [-0.2, 0) is 6.54 Å². The van der Waals surface area contributed by atoms with E-state index in [2.05, 4.69) is 73.5 Å². The van der Waals surface area contributed by atoms with E-state index >= 15 is 0 Å². The minimum Gasteiger partial charge on any atom is -0.305 e. The number of benzene rings is 1. The summed E-state index contributed by atoms with van der Waals surface area (Å²) in [7, 11) is 0. The summed E-state index contributed by atoms with van der Waals surface area (Å²) >= 11 is 7.13. The number of halogens is 2. The molecule has 1 aromatic carbocycles. The molecule has 0 saturated carbocycles. The summed E-state index contributed by atoms with van der Waals surface area (Å²) in [5.41, 5.74) is 2.31. The molecule has 4 nitrogen and oxygen atoms in total. The summed E-state index contributed by atoms with van der Waals surface area (Å²) in [6.07, 6.45) is 3.98. The van der Waals surface area contributed by atoms with Crippen molar-refractivity contribution in [2.75, 3.05) is 6.54 Å². The van der Waals surface area contributed by atoms with Gasteiger partial charge in [-0.3, -0.25) is 0 Å². The van der Waals surface area contributed by atoms with Crippen LogP contribution in [0.2, 0.25) is 0 Å². The predicted molar refractivity (Wildman–Crippen MR) is 92.3 cm³/mol. The molecule has 0 amide bonds. The molecule has 0 aliphatic heterocycles. The molecule has 2 aromatic rings. The van der Waals surface area contributed by atoms with Gasteiger partial charge in [0.1, 0.15) is 0 Å². The number of aromatic nitrogens is 3. The maximum atomic E-state index is 4.21. The molecule has 0 fully saturated rings. The Morgan fingerprint density at radius 1 is 1.14 bits per heavy atom. The van der Waals surface area contributed by atoms with Gasteiger partial charge in [0.2, 0.25) is 0 Å². The second-order valence-corrected chi connectivity index (χ2v) is 6.80. The van der Waals surface area contributed by atoms with E-state index in [-0.39, 0.29) is 6.04 Å². The fourth-order valence-electron chi connectivity index (χ4n) is 2.30. The minimum absolute atomic E-state index is 0.0975. The lowest BCUT2D eigenvalue weighted by atomic mass is 10.0. The number of nitrogens with zero attached hydrogens (tertiary/aromatic N) is 3. The van der Waals surface area contributed by atoms with Gasteiger partial charge in [0, 0.05) is 15.5 Å². The van der Waals surface area contributed by atoms with E-state index < -0.39 is 0 Å². The second-order valence-electron chi connectivity index (χ2n) is 4.97. The Labute approximate surface area is 142 Å². The van der Waals surface area contributed by atoms with Crippen molar-refractivity contribution in [2.24, 2.45) is 0 Å². The van der Waals surface area contributed by atoms with Crippen LogP contribution in [-0.4, -0.2) is 21.5 Å². The lowest BCUT2D eigenvalue weighted by molar-refractivity contribution is 0.504. The number of hydrogen-bond acceptors (Lipinski definition) is 3. The number of nitrogens with one attached hydrogen (secondary N) is 1. The summed E-state index contributed by atoms with van der Waals surface area (Å²) in [6, 6.07) is 6.42. The number of aryl methyl sites for hydroxylation is 1. The highest BCUT2D eigenvalue weighted by atomic mass is 79.9. The van der Waals surface area contributed by atoms with Gasteiger partial charge in [-0.1, -0.05) is 50.9 Å². The van der Waals surface area contributed by atoms with E-state index in [0.29, 0.717) is 0 Å². The first-order valence-electron chi connectivity index (χ1n) is 7.23. The molecular weight excluding hydrogens is 396 g/mol. The molecule has 0 spiro atoms. The van der Waals surface area contributed by atoms with Gasteiger partial charge >= 0.3 is 0 Å². The summed E-state index contributed by atoms with van der Waals surface area (Å²) in [5.74, 6) is 0. The molecule has 0 aliphatic carbocycles. The van der Waals surface area contributed by atoms with Crippen molar-refractivity contribution < 1.29 is 0 Å². The largest absolute Gasteiger partial charge is 0.305 e. The van der Waals surface area contributed by atoms with Gasteiger partial charge in [0.15, 0.2) is 0 Å². The standard InChI is InChI=1S/C15H20Br2N4/c1-3-5-18-15(11-7-12(16)9-13(17)8-11)14-10-19-20-21(14)6-4-2/h7-10,15,18H,3-6H2,1-2H3. The zero-order chi connectivity index (χ0) is 15.2. The summed E-state index contributed by atoms with van der Waals surface area (Å²) in [5, 5.41) is 11.9. The van der Waals surface area contributed by atoms with Gasteiger partial charge in [-0.05, 0) is 43.1 Å². The van der Waals surface area contributed by atoms with E-state index in [1.807, 2.05) is 16.9 Å². The molecule has 1 atom stereocenters. The molecule has 1 aromatic heterocycles. The zero-order valence-corrected chi connectivity index (χ0v) is 15.5. The summed E-state index contributed by atoms with van der Waals surface area (Å²) in [6.45, 7) is 6.15. The van der Waals surface area contributed by atoms with Crippen molar-refractivity contribution in [3.63, 3.8) is 0 Å². The predicted octanol–water partition coefficient (Wildman–Crippen LogP) is 4.30. The Morgan fingerprint density at radius 2 is 1.86 bits per heavy atom. The minimum atomic E-state index is 0.0975. The van der Waals surface area contributed by atoms with Gasteiger partial charge in [0.25, 0.3) is 0 Å². The highest BCUT2D eigenvalue weighted by Gasteiger charge is 2.19. The Morgan fingerprint density at radius 3 is 2.48 bits per heavy atom. The van der Waals surface area contributed by atoms with Crippen LogP contribution in [0.15, 0.2) is 33.3 Å². The molecule has 0 aliphatic rings. The zero-order valence-electron chi connectivity index (χ0n) is 12.3. The van der Waals surface area contributed by atoms with Crippen molar-refractivity contribution in [1.82, 2.24) is 20.3 Å². The van der Waals surface area contributed by atoms with E-state index in [0.717, 1.165) is 40.6 Å². The first kappa shape index (κ1) is 16.6. The fourth-order valence-corrected chi connectivity index (χ4v) is 3.63. The average Bonchev–Trinajstić information content (AvgIpc) is 2.87. The third-order valence-corrected chi connectivity index (χ3v) is 4.11. The van der Waals surface area contributed by atoms with Crippen molar-refractivity contribution in [2.45, 2.75) is 39.3 Å². The molecule has 2 rings (SSSR count). The molecule has 114 valence electrons. The van der Waals surface area contributed by atoms with Gasteiger partial charge in [0.05, 0.1) is 17.9 Å². The highest BCUT2D eigenvalue weighted by Crippen LogP contribution is 2.28. The summed E-state index contributed by atoms with van der Waals surface area (Å²) < 4.78 is 4.11. The quantitative estimate of drug-likeness (QED) is 0.732. The highest BCUT2D eigenvalue weighted by molar-refractivity contribution is 9.11. The molecule has 1 heterocycles. The molecule has 21 heavy (non-hydrogen) atoms. The van der Waals surface area contributed by atoms with Gasteiger partial charge in [-0.25, -0.2) is 4.68 Å². The van der Waals surface area contributed by atoms with Gasteiger partial charge in [-0.2, -0.15) is 0 Å². The average molecular weight is 416 g/mol. The first-order chi connectivity index (χ1) is 10.2. The van der Waals surface area contributed by atoms with Crippen LogP contribution >= 0.6 is 31.9 Å². The van der Waals surface area contributed by atoms with Gasteiger partial charge in [-0.15, -0.1) is 5.10 Å².